The third kappa shape index (κ3) is 3.26. The van der Waals surface area contributed by atoms with Crippen molar-refractivity contribution in [3.63, 3.8) is 0 Å². The number of hydrogen-bond acceptors (Lipinski definition) is 8. The molecular formula is C13H10N4O5S. The number of benzene rings is 1. The van der Waals surface area contributed by atoms with Crippen LogP contribution < -0.4 is 5.32 Å². The largest absolute Gasteiger partial charge is 0.400 e. The molecule has 0 aliphatic rings. The first-order valence-electron chi connectivity index (χ1n) is 6.29. The maximum Gasteiger partial charge on any atom is 0.322 e. The molecule has 0 fully saturated rings. The Kier molecular flexibility index (Phi) is 3.66. The Bertz CT molecular complexity index is 929. The van der Waals surface area contributed by atoms with Gasteiger partial charge in [0.15, 0.2) is 9.84 Å². The van der Waals surface area contributed by atoms with Crippen molar-refractivity contribution in [3.8, 4) is 11.7 Å². The van der Waals surface area contributed by atoms with Crippen LogP contribution in [0.5, 0.6) is 0 Å². The van der Waals surface area contributed by atoms with Gasteiger partial charge in [0, 0.05) is 17.9 Å². The van der Waals surface area contributed by atoms with Crippen LogP contribution in [0.25, 0.3) is 11.7 Å². The zero-order valence-electron chi connectivity index (χ0n) is 11.8. The molecule has 3 aromatic rings. The van der Waals surface area contributed by atoms with Gasteiger partial charge in [-0.25, -0.2) is 8.42 Å². The zero-order chi connectivity index (χ0) is 16.4. The van der Waals surface area contributed by atoms with Crippen LogP contribution in [0.2, 0.25) is 0 Å². The second kappa shape index (κ2) is 5.65. The Morgan fingerprint density at radius 1 is 1.13 bits per heavy atom. The summed E-state index contributed by atoms with van der Waals surface area (Å²) in [5, 5.41) is 13.3. The van der Waals surface area contributed by atoms with Gasteiger partial charge in [0.05, 0.1) is 11.1 Å². The smallest absolute Gasteiger partial charge is 0.322 e. The SMILES string of the molecule is CS(=O)(=O)c1ccc(C(=O)Nc2nnc(-c3ccno3)o2)cc1. The Balaban J connectivity index is 1.74. The van der Waals surface area contributed by atoms with Gasteiger partial charge in [-0.15, -0.1) is 5.10 Å². The Labute approximate surface area is 130 Å². The molecule has 0 bridgehead atoms. The first-order valence-corrected chi connectivity index (χ1v) is 8.18. The lowest BCUT2D eigenvalue weighted by Crippen LogP contribution is -2.12. The lowest BCUT2D eigenvalue weighted by Gasteiger charge is -2.02. The van der Waals surface area contributed by atoms with E-state index in [9.17, 15) is 13.2 Å². The molecule has 2 heterocycles. The van der Waals surface area contributed by atoms with E-state index in [0.29, 0.717) is 0 Å². The van der Waals surface area contributed by atoms with Crippen LogP contribution in [0.15, 0.2) is 50.4 Å². The predicted molar refractivity (Wildman–Crippen MR) is 77.3 cm³/mol. The van der Waals surface area contributed by atoms with Gasteiger partial charge in [0.1, 0.15) is 0 Å². The van der Waals surface area contributed by atoms with Crippen molar-refractivity contribution in [1.82, 2.24) is 15.4 Å². The summed E-state index contributed by atoms with van der Waals surface area (Å²) in [5.41, 5.74) is 0.247. The lowest BCUT2D eigenvalue weighted by atomic mass is 10.2. The second-order valence-corrected chi connectivity index (χ2v) is 6.56. The molecule has 0 radical (unpaired) electrons. The Hall–Kier alpha value is -3.01. The fraction of sp³-hybridized carbons (Fsp3) is 0.0769. The summed E-state index contributed by atoms with van der Waals surface area (Å²) < 4.78 is 32.8. The van der Waals surface area contributed by atoms with Gasteiger partial charge in [-0.2, -0.15) is 0 Å². The number of sulfone groups is 1. The summed E-state index contributed by atoms with van der Waals surface area (Å²) in [5.74, 6) is -0.168. The number of rotatable bonds is 4. The molecule has 1 aromatic carbocycles. The van der Waals surface area contributed by atoms with Crippen LogP contribution in [0.3, 0.4) is 0 Å². The van der Waals surface area contributed by atoms with E-state index in [1.165, 1.54) is 36.5 Å². The summed E-state index contributed by atoms with van der Waals surface area (Å²) in [6.07, 6.45) is 2.51. The highest BCUT2D eigenvalue weighted by atomic mass is 32.2. The number of hydrogen-bond donors (Lipinski definition) is 1. The van der Waals surface area contributed by atoms with Gasteiger partial charge in [-0.3, -0.25) is 10.1 Å². The van der Waals surface area contributed by atoms with E-state index >= 15 is 0 Å². The van der Waals surface area contributed by atoms with Gasteiger partial charge in [-0.1, -0.05) is 10.3 Å². The lowest BCUT2D eigenvalue weighted by molar-refractivity contribution is 0.102. The Morgan fingerprint density at radius 2 is 1.87 bits per heavy atom. The molecule has 1 amide bonds. The van der Waals surface area contributed by atoms with Crippen molar-refractivity contribution in [2.75, 3.05) is 11.6 Å². The first-order chi connectivity index (χ1) is 10.9. The third-order valence-corrected chi connectivity index (χ3v) is 3.97. The molecule has 0 saturated heterocycles. The van der Waals surface area contributed by atoms with Crippen molar-refractivity contribution < 1.29 is 22.2 Å². The standard InChI is InChI=1S/C13H10N4O5S/c1-23(19,20)9-4-2-8(3-5-9)11(18)15-13-17-16-12(21-13)10-6-7-14-22-10/h2-7H,1H3,(H,15,17,18). The van der Waals surface area contributed by atoms with Crippen LogP contribution in [-0.4, -0.2) is 35.9 Å². The summed E-state index contributed by atoms with van der Waals surface area (Å²) in [6, 6.07) is 6.88. The number of carbonyl (C=O) groups is 1. The molecule has 23 heavy (non-hydrogen) atoms. The number of amides is 1. The molecule has 0 atom stereocenters. The van der Waals surface area contributed by atoms with E-state index in [1.807, 2.05) is 0 Å². The van der Waals surface area contributed by atoms with Crippen molar-refractivity contribution in [3.05, 3.63) is 42.1 Å². The van der Waals surface area contributed by atoms with Crippen LogP contribution in [-0.2, 0) is 9.84 Å². The molecule has 0 unspecified atom stereocenters. The first kappa shape index (κ1) is 14.9. The average Bonchev–Trinajstić information content (AvgIpc) is 3.17. The summed E-state index contributed by atoms with van der Waals surface area (Å²) in [4.78, 5) is 12.2. The molecular weight excluding hydrogens is 324 g/mol. The highest BCUT2D eigenvalue weighted by Crippen LogP contribution is 2.19. The summed E-state index contributed by atoms with van der Waals surface area (Å²) in [6.45, 7) is 0. The van der Waals surface area contributed by atoms with Crippen LogP contribution in [0.4, 0.5) is 6.01 Å². The molecule has 1 N–H and O–H groups in total. The van der Waals surface area contributed by atoms with Gasteiger partial charge >= 0.3 is 6.01 Å². The zero-order valence-corrected chi connectivity index (χ0v) is 12.6. The molecule has 0 saturated carbocycles. The quantitative estimate of drug-likeness (QED) is 0.757. The second-order valence-electron chi connectivity index (χ2n) is 4.54. The maximum absolute atomic E-state index is 12.0. The fourth-order valence-corrected chi connectivity index (χ4v) is 2.35. The van der Waals surface area contributed by atoms with Crippen molar-refractivity contribution in [2.24, 2.45) is 0 Å². The number of anilines is 1. The highest BCUT2D eigenvalue weighted by Gasteiger charge is 2.15. The van der Waals surface area contributed by atoms with Gasteiger partial charge < -0.3 is 8.94 Å². The number of aromatic nitrogens is 3. The maximum atomic E-state index is 12.0. The van der Waals surface area contributed by atoms with E-state index in [-0.39, 0.29) is 28.1 Å². The summed E-state index contributed by atoms with van der Waals surface area (Å²) in [7, 11) is -3.31. The molecule has 0 aliphatic carbocycles. The van der Waals surface area contributed by atoms with Crippen molar-refractivity contribution in [2.45, 2.75) is 4.90 Å². The van der Waals surface area contributed by atoms with Crippen LogP contribution in [0, 0.1) is 0 Å². The predicted octanol–water partition coefficient (Wildman–Crippen LogP) is 1.38. The molecule has 118 valence electrons. The van der Waals surface area contributed by atoms with E-state index in [1.54, 1.807) is 0 Å². The van der Waals surface area contributed by atoms with Crippen LogP contribution in [0.1, 0.15) is 10.4 Å². The normalized spacial score (nSPS) is 11.3. The number of carbonyl (C=O) groups excluding carboxylic acids is 1. The van der Waals surface area contributed by atoms with Crippen molar-refractivity contribution >= 4 is 21.8 Å². The van der Waals surface area contributed by atoms with E-state index < -0.39 is 15.7 Å². The van der Waals surface area contributed by atoms with Crippen molar-refractivity contribution in [1.29, 1.82) is 0 Å². The topological polar surface area (TPSA) is 128 Å². The minimum absolute atomic E-state index is 0.0743. The number of nitrogens with one attached hydrogen (secondary N) is 1. The third-order valence-electron chi connectivity index (χ3n) is 2.84. The van der Waals surface area contributed by atoms with Gasteiger partial charge in [0.25, 0.3) is 11.8 Å². The molecule has 0 aliphatic heterocycles. The van der Waals surface area contributed by atoms with E-state index in [0.717, 1.165) is 6.26 Å². The average molecular weight is 334 g/mol. The van der Waals surface area contributed by atoms with Crippen LogP contribution >= 0.6 is 0 Å². The van der Waals surface area contributed by atoms with Gasteiger partial charge in [0.2, 0.25) is 5.76 Å². The molecule has 9 nitrogen and oxygen atoms in total. The monoisotopic (exact) mass is 334 g/mol. The highest BCUT2D eigenvalue weighted by molar-refractivity contribution is 7.90. The summed E-state index contributed by atoms with van der Waals surface area (Å²) >= 11 is 0. The number of nitrogens with zero attached hydrogens (tertiary/aromatic N) is 3. The molecule has 2 aromatic heterocycles. The van der Waals surface area contributed by atoms with E-state index in [2.05, 4.69) is 20.7 Å². The molecule has 10 heteroatoms. The fourth-order valence-electron chi connectivity index (χ4n) is 1.72. The minimum atomic E-state index is -3.31. The minimum Gasteiger partial charge on any atom is -0.400 e. The molecule has 0 spiro atoms. The van der Waals surface area contributed by atoms with E-state index in [4.69, 9.17) is 8.94 Å². The Morgan fingerprint density at radius 3 is 2.48 bits per heavy atom. The molecule has 3 rings (SSSR count). The van der Waals surface area contributed by atoms with Gasteiger partial charge in [-0.05, 0) is 24.3 Å².